The second kappa shape index (κ2) is 6.14. The van der Waals surface area contributed by atoms with Crippen molar-refractivity contribution in [3.05, 3.63) is 65.4 Å². The van der Waals surface area contributed by atoms with E-state index in [1.54, 1.807) is 0 Å². The van der Waals surface area contributed by atoms with Crippen LogP contribution in [0.15, 0.2) is 42.5 Å². The third kappa shape index (κ3) is 2.65. The first-order chi connectivity index (χ1) is 12.5. The van der Waals surface area contributed by atoms with E-state index in [0.29, 0.717) is 5.56 Å². The minimum absolute atomic E-state index is 0.189. The number of benzene rings is 2. The highest BCUT2D eigenvalue weighted by atomic mass is 19.1. The summed E-state index contributed by atoms with van der Waals surface area (Å²) in [5, 5.41) is 12.2. The number of hydrogen-bond acceptors (Lipinski definition) is 4. The number of hydrogen-bond donors (Lipinski definition) is 1. The van der Waals surface area contributed by atoms with Crippen LogP contribution in [0.4, 0.5) is 8.78 Å². The van der Waals surface area contributed by atoms with E-state index in [9.17, 15) is 13.6 Å². The smallest absolute Gasteiger partial charge is 0.210 e. The summed E-state index contributed by atoms with van der Waals surface area (Å²) in [6, 6.07) is 10.9. The maximum Gasteiger partial charge on any atom is 0.210 e. The highest BCUT2D eigenvalue weighted by Crippen LogP contribution is 2.24. The predicted molar refractivity (Wildman–Crippen MR) is 90.5 cm³/mol. The van der Waals surface area contributed by atoms with E-state index in [2.05, 4.69) is 20.4 Å². The molecule has 0 saturated carbocycles. The van der Waals surface area contributed by atoms with E-state index in [4.69, 9.17) is 0 Å². The Labute approximate surface area is 146 Å². The number of aryl methyl sites for hydroxylation is 1. The van der Waals surface area contributed by atoms with Crippen molar-refractivity contribution in [3.8, 4) is 11.4 Å². The van der Waals surface area contributed by atoms with Crippen LogP contribution in [0.25, 0.3) is 22.3 Å². The Morgan fingerprint density at radius 1 is 1.12 bits per heavy atom. The molecule has 2 aromatic heterocycles. The van der Waals surface area contributed by atoms with Crippen LogP contribution < -0.4 is 0 Å². The molecule has 130 valence electrons. The molecule has 0 aliphatic carbocycles. The fourth-order valence-electron chi connectivity index (χ4n) is 2.97. The first-order valence-electron chi connectivity index (χ1n) is 7.87. The fourth-order valence-corrected chi connectivity index (χ4v) is 2.97. The molecule has 0 unspecified atom stereocenters. The van der Waals surface area contributed by atoms with Crippen LogP contribution in [-0.4, -0.2) is 31.0 Å². The zero-order chi connectivity index (χ0) is 18.3. The third-order valence-corrected chi connectivity index (χ3v) is 4.10. The molecular formula is C18H13F2N5O. The van der Waals surface area contributed by atoms with Crippen molar-refractivity contribution in [3.63, 3.8) is 0 Å². The summed E-state index contributed by atoms with van der Waals surface area (Å²) < 4.78 is 27.7. The summed E-state index contributed by atoms with van der Waals surface area (Å²) >= 11 is 0. The van der Waals surface area contributed by atoms with Crippen molar-refractivity contribution in [2.75, 3.05) is 0 Å². The number of fused-ring (bicyclic) bond motifs is 1. The summed E-state index contributed by atoms with van der Waals surface area (Å²) in [5.74, 6) is -2.01. The molecule has 8 heteroatoms. The maximum absolute atomic E-state index is 13.8. The van der Waals surface area contributed by atoms with Gasteiger partial charge in [-0.05, 0) is 30.3 Å². The average Bonchev–Trinajstić information content (AvgIpc) is 3.18. The minimum atomic E-state index is -0.789. The Kier molecular flexibility index (Phi) is 3.80. The predicted octanol–water partition coefficient (Wildman–Crippen LogP) is 3.29. The Hall–Kier alpha value is -3.42. The number of halogens is 2. The van der Waals surface area contributed by atoms with Crippen molar-refractivity contribution >= 4 is 16.7 Å². The molecule has 0 fully saturated rings. The van der Waals surface area contributed by atoms with E-state index in [-0.39, 0.29) is 23.7 Å². The quantitative estimate of drug-likeness (QED) is 0.571. The fraction of sp³-hybridized carbons (Fsp3) is 0.111. The number of nitrogens with one attached hydrogen (secondary N) is 1. The number of carbonyl (C=O) groups is 1. The molecule has 0 saturated heterocycles. The van der Waals surface area contributed by atoms with Gasteiger partial charge < -0.3 is 4.98 Å². The summed E-state index contributed by atoms with van der Waals surface area (Å²) in [6.45, 7) is 1.62. The maximum atomic E-state index is 13.8. The zero-order valence-corrected chi connectivity index (χ0v) is 13.7. The number of para-hydroxylation sites is 1. The Balaban J connectivity index is 1.65. The van der Waals surface area contributed by atoms with Crippen LogP contribution in [0.1, 0.15) is 16.1 Å². The highest BCUT2D eigenvalue weighted by Gasteiger charge is 2.20. The van der Waals surface area contributed by atoms with E-state index < -0.39 is 11.6 Å². The molecule has 26 heavy (non-hydrogen) atoms. The second-order valence-electron chi connectivity index (χ2n) is 5.83. The topological polar surface area (TPSA) is 76.5 Å². The first kappa shape index (κ1) is 16.1. The summed E-state index contributed by atoms with van der Waals surface area (Å²) in [7, 11) is 0. The number of H-pyrrole nitrogens is 1. The average molecular weight is 353 g/mol. The molecule has 0 amide bonds. The van der Waals surface area contributed by atoms with E-state index >= 15 is 0 Å². The highest BCUT2D eigenvalue weighted by molar-refractivity contribution is 6.09. The summed E-state index contributed by atoms with van der Waals surface area (Å²) in [6.07, 6.45) is 0. The molecular weight excluding hydrogens is 340 g/mol. The standard InChI is InChI=1S/C18H13F2N5O/c1-10-16(11-5-2-3-8-14(11)21-10)15(26)9-25-23-18(22-24-25)17-12(19)6-4-7-13(17)20/h2-8,21H,9H2,1H3. The Bertz CT molecular complexity index is 1110. The molecule has 0 atom stereocenters. The molecule has 6 nitrogen and oxygen atoms in total. The number of tetrazole rings is 1. The van der Waals surface area contributed by atoms with Gasteiger partial charge in [0.15, 0.2) is 5.78 Å². The number of aromatic amines is 1. The largest absolute Gasteiger partial charge is 0.358 e. The molecule has 4 rings (SSSR count). The van der Waals surface area contributed by atoms with Gasteiger partial charge in [-0.1, -0.05) is 24.3 Å². The van der Waals surface area contributed by atoms with Crippen molar-refractivity contribution in [2.45, 2.75) is 13.5 Å². The van der Waals surface area contributed by atoms with Gasteiger partial charge in [0.05, 0.1) is 5.56 Å². The summed E-state index contributed by atoms with van der Waals surface area (Å²) in [4.78, 5) is 16.9. The number of aromatic nitrogens is 5. The van der Waals surface area contributed by atoms with Crippen molar-refractivity contribution < 1.29 is 13.6 Å². The normalized spacial score (nSPS) is 11.2. The van der Waals surface area contributed by atoms with Gasteiger partial charge in [0.1, 0.15) is 18.2 Å². The van der Waals surface area contributed by atoms with Gasteiger partial charge in [0.25, 0.3) is 0 Å². The molecule has 0 radical (unpaired) electrons. The molecule has 4 aromatic rings. The molecule has 0 spiro atoms. The summed E-state index contributed by atoms with van der Waals surface area (Å²) in [5.41, 5.74) is 1.76. The van der Waals surface area contributed by atoms with Crippen LogP contribution in [-0.2, 0) is 6.54 Å². The van der Waals surface area contributed by atoms with E-state index in [1.807, 2.05) is 31.2 Å². The van der Waals surface area contributed by atoms with Gasteiger partial charge in [0, 0.05) is 22.2 Å². The first-order valence-corrected chi connectivity index (χ1v) is 7.87. The van der Waals surface area contributed by atoms with Crippen molar-refractivity contribution in [1.29, 1.82) is 0 Å². The van der Waals surface area contributed by atoms with Crippen LogP contribution in [0.5, 0.6) is 0 Å². The molecule has 0 bridgehead atoms. The van der Waals surface area contributed by atoms with E-state index in [0.717, 1.165) is 33.5 Å². The van der Waals surface area contributed by atoms with Crippen LogP contribution >= 0.6 is 0 Å². The van der Waals surface area contributed by atoms with E-state index in [1.165, 1.54) is 6.07 Å². The number of ketones is 1. The number of Topliss-reactive ketones (excluding diaryl/α,β-unsaturated/α-hetero) is 1. The number of nitrogens with zero attached hydrogens (tertiary/aromatic N) is 4. The van der Waals surface area contributed by atoms with Gasteiger partial charge in [-0.25, -0.2) is 8.78 Å². The zero-order valence-electron chi connectivity index (χ0n) is 13.7. The van der Waals surface area contributed by atoms with Gasteiger partial charge in [0.2, 0.25) is 5.82 Å². The van der Waals surface area contributed by atoms with Gasteiger partial charge in [-0.2, -0.15) is 4.80 Å². The van der Waals surface area contributed by atoms with Crippen LogP contribution in [0.3, 0.4) is 0 Å². The Morgan fingerprint density at radius 3 is 2.62 bits per heavy atom. The van der Waals surface area contributed by atoms with Crippen molar-refractivity contribution in [2.24, 2.45) is 0 Å². The number of rotatable bonds is 4. The van der Waals surface area contributed by atoms with Gasteiger partial charge in [-0.15, -0.1) is 10.2 Å². The van der Waals surface area contributed by atoms with Gasteiger partial charge in [-0.3, -0.25) is 4.79 Å². The van der Waals surface area contributed by atoms with Crippen molar-refractivity contribution in [1.82, 2.24) is 25.2 Å². The lowest BCUT2D eigenvalue weighted by Gasteiger charge is -2.01. The number of carbonyl (C=O) groups excluding carboxylic acids is 1. The lowest BCUT2D eigenvalue weighted by molar-refractivity contribution is 0.0962. The monoisotopic (exact) mass is 353 g/mol. The molecule has 0 aliphatic heterocycles. The SMILES string of the molecule is Cc1[nH]c2ccccc2c1C(=O)Cn1nnc(-c2c(F)cccc2F)n1. The molecule has 0 aliphatic rings. The lowest BCUT2D eigenvalue weighted by Crippen LogP contribution is -2.14. The lowest BCUT2D eigenvalue weighted by atomic mass is 10.1. The Morgan fingerprint density at radius 2 is 1.85 bits per heavy atom. The van der Waals surface area contributed by atoms with Gasteiger partial charge >= 0.3 is 0 Å². The minimum Gasteiger partial charge on any atom is -0.358 e. The van der Waals surface area contributed by atoms with Crippen LogP contribution in [0.2, 0.25) is 0 Å². The molecule has 2 heterocycles. The third-order valence-electron chi connectivity index (χ3n) is 4.10. The van der Waals surface area contributed by atoms with Crippen LogP contribution in [0, 0.1) is 18.6 Å². The molecule has 2 aromatic carbocycles. The second-order valence-corrected chi connectivity index (χ2v) is 5.83. The molecule has 1 N–H and O–H groups in total.